The lowest BCUT2D eigenvalue weighted by molar-refractivity contribution is 0.246. The first kappa shape index (κ1) is 14.3. The van der Waals surface area contributed by atoms with Crippen LogP contribution in [0.4, 0.5) is 5.82 Å². The molecule has 5 nitrogen and oxygen atoms in total. The summed E-state index contributed by atoms with van der Waals surface area (Å²) in [6.07, 6.45) is 1.84. The zero-order chi connectivity index (χ0) is 14.7. The molecule has 0 atom stereocenters. The lowest BCUT2D eigenvalue weighted by Gasteiger charge is -2.35. The van der Waals surface area contributed by atoms with Crippen molar-refractivity contribution in [3.8, 4) is 0 Å². The van der Waals surface area contributed by atoms with Crippen molar-refractivity contribution in [3.05, 3.63) is 45.1 Å². The summed E-state index contributed by atoms with van der Waals surface area (Å²) in [5, 5.41) is 1.93. The highest BCUT2D eigenvalue weighted by Gasteiger charge is 2.17. The van der Waals surface area contributed by atoms with Gasteiger partial charge in [0.1, 0.15) is 5.82 Å². The van der Waals surface area contributed by atoms with Crippen molar-refractivity contribution < 1.29 is 0 Å². The summed E-state index contributed by atoms with van der Waals surface area (Å²) in [6, 6.07) is 6.03. The third kappa shape index (κ3) is 3.33. The average Bonchev–Trinajstić information content (AvgIpc) is 2.85. The summed E-state index contributed by atoms with van der Waals surface area (Å²) < 4.78 is 1.87. The maximum absolute atomic E-state index is 11.7. The van der Waals surface area contributed by atoms with E-state index in [2.05, 4.69) is 20.9 Å². The summed E-state index contributed by atoms with van der Waals surface area (Å²) in [5.41, 5.74) is 1.07. The number of anilines is 1. The Balaban J connectivity index is 1.51. The van der Waals surface area contributed by atoms with Crippen LogP contribution in [0.15, 0.2) is 34.6 Å². The van der Waals surface area contributed by atoms with Crippen LogP contribution >= 0.6 is 11.3 Å². The van der Waals surface area contributed by atoms with Gasteiger partial charge in [-0.3, -0.25) is 9.69 Å². The van der Waals surface area contributed by atoms with Crippen molar-refractivity contribution in [1.82, 2.24) is 14.5 Å². The van der Waals surface area contributed by atoms with E-state index < -0.39 is 0 Å². The molecule has 3 heterocycles. The van der Waals surface area contributed by atoms with Crippen LogP contribution in [0.3, 0.4) is 0 Å². The molecule has 112 valence electrons. The third-order valence-corrected chi connectivity index (χ3v) is 4.84. The topological polar surface area (TPSA) is 41.4 Å². The molecular formula is C15H20N4OS. The second kappa shape index (κ2) is 6.41. The Hall–Kier alpha value is -1.66. The summed E-state index contributed by atoms with van der Waals surface area (Å²) in [4.78, 5) is 21.0. The molecule has 0 aromatic carbocycles. The van der Waals surface area contributed by atoms with Crippen LogP contribution in [0.1, 0.15) is 5.69 Å². The predicted molar refractivity (Wildman–Crippen MR) is 86.2 cm³/mol. The van der Waals surface area contributed by atoms with E-state index in [1.807, 2.05) is 35.2 Å². The number of hydrogen-bond donors (Lipinski definition) is 0. The fourth-order valence-corrected chi connectivity index (χ4v) is 3.42. The van der Waals surface area contributed by atoms with Crippen molar-refractivity contribution in [2.24, 2.45) is 0 Å². The van der Waals surface area contributed by atoms with Gasteiger partial charge in [0.25, 0.3) is 0 Å². The monoisotopic (exact) mass is 304 g/mol. The second-order valence-electron chi connectivity index (χ2n) is 5.31. The molecule has 0 radical (unpaired) electrons. The highest BCUT2D eigenvalue weighted by atomic mass is 32.1. The van der Waals surface area contributed by atoms with Gasteiger partial charge < -0.3 is 9.47 Å². The Morgan fingerprint density at radius 3 is 2.62 bits per heavy atom. The number of aryl methyl sites for hydroxylation is 1. The summed E-state index contributed by atoms with van der Waals surface area (Å²) in [5.74, 6) is 1.06. The van der Waals surface area contributed by atoms with Crippen molar-refractivity contribution in [2.45, 2.75) is 13.5 Å². The highest BCUT2D eigenvalue weighted by molar-refractivity contribution is 7.07. The third-order valence-electron chi connectivity index (χ3n) is 3.96. The quantitative estimate of drug-likeness (QED) is 0.857. The summed E-state index contributed by atoms with van der Waals surface area (Å²) in [6.45, 7) is 7.76. The van der Waals surface area contributed by atoms with Gasteiger partial charge in [0.2, 0.25) is 0 Å². The van der Waals surface area contributed by atoms with Crippen molar-refractivity contribution in [1.29, 1.82) is 0 Å². The second-order valence-corrected chi connectivity index (χ2v) is 6.13. The maximum Gasteiger partial charge on any atom is 0.307 e. The van der Waals surface area contributed by atoms with E-state index in [1.165, 1.54) is 11.3 Å². The molecule has 0 aliphatic carbocycles. The SMILES string of the molecule is Cc1csc(=O)n1CCN1CCN(c2ccccn2)CC1. The van der Waals surface area contributed by atoms with Gasteiger partial charge in [0.05, 0.1) is 0 Å². The molecule has 1 aliphatic rings. The first-order valence-electron chi connectivity index (χ1n) is 7.27. The van der Waals surface area contributed by atoms with Gasteiger partial charge in [-0.25, -0.2) is 4.98 Å². The van der Waals surface area contributed by atoms with E-state index in [1.54, 1.807) is 0 Å². The highest BCUT2D eigenvalue weighted by Crippen LogP contribution is 2.12. The molecule has 0 amide bonds. The minimum absolute atomic E-state index is 0.152. The van der Waals surface area contributed by atoms with Gasteiger partial charge in [-0.15, -0.1) is 0 Å². The van der Waals surface area contributed by atoms with Crippen LogP contribution in [-0.4, -0.2) is 47.2 Å². The van der Waals surface area contributed by atoms with Crippen LogP contribution in [-0.2, 0) is 6.54 Å². The van der Waals surface area contributed by atoms with E-state index in [4.69, 9.17) is 0 Å². The molecule has 1 fully saturated rings. The number of aromatic nitrogens is 2. The first-order valence-corrected chi connectivity index (χ1v) is 8.15. The van der Waals surface area contributed by atoms with Gasteiger partial charge in [-0.2, -0.15) is 0 Å². The molecule has 0 N–H and O–H groups in total. The van der Waals surface area contributed by atoms with Crippen LogP contribution in [0.25, 0.3) is 0 Å². The van der Waals surface area contributed by atoms with Crippen molar-refractivity contribution >= 4 is 17.2 Å². The molecule has 1 saturated heterocycles. The Labute approximate surface area is 128 Å². The summed E-state index contributed by atoms with van der Waals surface area (Å²) >= 11 is 1.29. The molecule has 0 spiro atoms. The standard InChI is InChI=1S/C15H20N4OS/c1-13-12-21-15(20)19(13)11-8-17-6-9-18(10-7-17)14-4-2-3-5-16-14/h2-5,12H,6-11H2,1H3. The molecule has 2 aromatic heterocycles. The lowest BCUT2D eigenvalue weighted by Crippen LogP contribution is -2.47. The molecule has 3 rings (SSSR count). The van der Waals surface area contributed by atoms with Gasteiger partial charge in [0, 0.05) is 56.5 Å². The van der Waals surface area contributed by atoms with E-state index in [-0.39, 0.29) is 4.87 Å². The zero-order valence-corrected chi connectivity index (χ0v) is 13.1. The number of nitrogens with zero attached hydrogens (tertiary/aromatic N) is 4. The van der Waals surface area contributed by atoms with Gasteiger partial charge in [-0.1, -0.05) is 17.4 Å². The Morgan fingerprint density at radius 1 is 1.19 bits per heavy atom. The largest absolute Gasteiger partial charge is 0.354 e. The van der Waals surface area contributed by atoms with E-state index in [0.29, 0.717) is 0 Å². The Bertz CT molecular complexity index is 629. The van der Waals surface area contributed by atoms with Crippen molar-refractivity contribution in [2.75, 3.05) is 37.6 Å². The molecule has 0 saturated carbocycles. The lowest BCUT2D eigenvalue weighted by atomic mass is 10.3. The van der Waals surface area contributed by atoms with E-state index in [9.17, 15) is 4.79 Å². The van der Waals surface area contributed by atoms with E-state index in [0.717, 1.165) is 50.8 Å². The first-order chi connectivity index (χ1) is 10.2. The Morgan fingerprint density at radius 2 is 2.00 bits per heavy atom. The number of piperazine rings is 1. The van der Waals surface area contributed by atoms with Gasteiger partial charge in [-0.05, 0) is 19.1 Å². The smallest absolute Gasteiger partial charge is 0.307 e. The zero-order valence-electron chi connectivity index (χ0n) is 12.2. The maximum atomic E-state index is 11.7. The van der Waals surface area contributed by atoms with Crippen molar-refractivity contribution in [3.63, 3.8) is 0 Å². The van der Waals surface area contributed by atoms with Crippen LogP contribution in [0.5, 0.6) is 0 Å². The molecule has 2 aromatic rings. The Kier molecular flexibility index (Phi) is 4.36. The fourth-order valence-electron chi connectivity index (χ4n) is 2.66. The minimum Gasteiger partial charge on any atom is -0.354 e. The average molecular weight is 304 g/mol. The molecule has 1 aliphatic heterocycles. The fraction of sp³-hybridized carbons (Fsp3) is 0.467. The van der Waals surface area contributed by atoms with Gasteiger partial charge in [0.15, 0.2) is 0 Å². The molecule has 0 bridgehead atoms. The van der Waals surface area contributed by atoms with Crippen LogP contribution < -0.4 is 9.77 Å². The molecule has 6 heteroatoms. The molecule has 21 heavy (non-hydrogen) atoms. The molecular weight excluding hydrogens is 284 g/mol. The number of hydrogen-bond acceptors (Lipinski definition) is 5. The predicted octanol–water partition coefficient (Wildman–Crippen LogP) is 1.44. The number of thiazole rings is 1. The number of pyridine rings is 1. The van der Waals surface area contributed by atoms with Gasteiger partial charge >= 0.3 is 4.87 Å². The van der Waals surface area contributed by atoms with Crippen LogP contribution in [0, 0.1) is 6.92 Å². The summed E-state index contributed by atoms with van der Waals surface area (Å²) in [7, 11) is 0. The minimum atomic E-state index is 0.152. The van der Waals surface area contributed by atoms with E-state index >= 15 is 0 Å². The van der Waals surface area contributed by atoms with Crippen LogP contribution in [0.2, 0.25) is 0 Å². The normalized spacial score (nSPS) is 16.3. The number of rotatable bonds is 4. The molecule has 0 unspecified atom stereocenters.